The molecule has 24 heavy (non-hydrogen) atoms. The molecule has 0 fully saturated rings. The van der Waals surface area contributed by atoms with E-state index in [9.17, 15) is 22.8 Å². The van der Waals surface area contributed by atoms with Gasteiger partial charge in [0, 0.05) is 5.75 Å². The highest BCUT2D eigenvalue weighted by molar-refractivity contribution is 8.13. The van der Waals surface area contributed by atoms with Gasteiger partial charge >= 0.3 is 12.1 Å². The molecule has 0 saturated heterocycles. The van der Waals surface area contributed by atoms with Gasteiger partial charge in [-0.15, -0.1) is 0 Å². The molecule has 2 aromatic rings. The summed E-state index contributed by atoms with van der Waals surface area (Å²) in [4.78, 5) is 22.9. The van der Waals surface area contributed by atoms with E-state index in [2.05, 4.69) is 5.32 Å². The Morgan fingerprint density at radius 1 is 1.08 bits per heavy atom. The van der Waals surface area contributed by atoms with Gasteiger partial charge in [0.2, 0.25) is 0 Å². The van der Waals surface area contributed by atoms with Crippen molar-refractivity contribution in [3.05, 3.63) is 65.2 Å². The van der Waals surface area contributed by atoms with E-state index in [0.717, 1.165) is 23.9 Å². The van der Waals surface area contributed by atoms with Crippen LogP contribution in [0.25, 0.3) is 0 Å². The summed E-state index contributed by atoms with van der Waals surface area (Å²) in [5.41, 5.74) is -0.370. The molecule has 4 nitrogen and oxygen atoms in total. The number of carbonyl (C=O) groups excluding carboxylic acids is 1. The van der Waals surface area contributed by atoms with Crippen molar-refractivity contribution in [3.8, 4) is 0 Å². The topological polar surface area (TPSA) is 66.4 Å². The van der Waals surface area contributed by atoms with Gasteiger partial charge in [-0.05, 0) is 23.8 Å². The van der Waals surface area contributed by atoms with Gasteiger partial charge in [0.1, 0.15) is 0 Å². The lowest BCUT2D eigenvalue weighted by Crippen LogP contribution is -2.10. The van der Waals surface area contributed by atoms with Crippen LogP contribution in [0.4, 0.5) is 23.7 Å². The number of benzene rings is 2. The summed E-state index contributed by atoms with van der Waals surface area (Å²) in [6.45, 7) is 0. The maximum atomic E-state index is 12.6. The summed E-state index contributed by atoms with van der Waals surface area (Å²) in [6.07, 6.45) is -4.44. The number of carboxylic acid groups (broad SMARTS) is 1. The zero-order valence-electron chi connectivity index (χ0n) is 12.1. The van der Waals surface area contributed by atoms with Crippen LogP contribution in [0.2, 0.25) is 0 Å². The summed E-state index contributed by atoms with van der Waals surface area (Å²) in [7, 11) is 0. The second kappa shape index (κ2) is 7.39. The fourth-order valence-electron chi connectivity index (χ4n) is 1.91. The lowest BCUT2D eigenvalue weighted by atomic mass is 10.1. The molecule has 0 heterocycles. The number of hydrogen-bond acceptors (Lipinski definition) is 3. The highest BCUT2D eigenvalue weighted by Crippen LogP contribution is 2.30. The van der Waals surface area contributed by atoms with Crippen LogP contribution >= 0.6 is 11.8 Å². The number of thioether (sulfide) groups is 1. The maximum Gasteiger partial charge on any atom is 0.416 e. The van der Waals surface area contributed by atoms with Gasteiger partial charge < -0.3 is 10.4 Å². The fourth-order valence-corrected chi connectivity index (χ4v) is 2.57. The first-order valence-corrected chi connectivity index (χ1v) is 7.68. The number of carboxylic acids is 1. The zero-order chi connectivity index (χ0) is 17.7. The first kappa shape index (κ1) is 17.9. The summed E-state index contributed by atoms with van der Waals surface area (Å²) in [5, 5.41) is 10.9. The molecule has 2 rings (SSSR count). The number of para-hydroxylation sites is 1. The van der Waals surface area contributed by atoms with Crippen LogP contribution in [-0.2, 0) is 11.9 Å². The molecule has 1 amide bonds. The number of nitrogens with one attached hydrogen (secondary N) is 1. The number of halogens is 3. The largest absolute Gasteiger partial charge is 0.478 e. The first-order valence-electron chi connectivity index (χ1n) is 6.69. The first-order chi connectivity index (χ1) is 11.3. The summed E-state index contributed by atoms with van der Waals surface area (Å²) < 4.78 is 37.9. The van der Waals surface area contributed by atoms with E-state index in [1.807, 2.05) is 0 Å². The molecule has 126 valence electrons. The van der Waals surface area contributed by atoms with Crippen LogP contribution < -0.4 is 5.32 Å². The van der Waals surface area contributed by atoms with Gasteiger partial charge in [-0.2, -0.15) is 13.2 Å². The fraction of sp³-hybridized carbons (Fsp3) is 0.125. The monoisotopic (exact) mass is 355 g/mol. The second-order valence-corrected chi connectivity index (χ2v) is 5.70. The van der Waals surface area contributed by atoms with Crippen molar-refractivity contribution < 1.29 is 27.9 Å². The van der Waals surface area contributed by atoms with Crippen LogP contribution in [0, 0.1) is 0 Å². The Labute approximate surface area is 139 Å². The Balaban J connectivity index is 2.01. The van der Waals surface area contributed by atoms with Crippen LogP contribution in [0.3, 0.4) is 0 Å². The summed E-state index contributed by atoms with van der Waals surface area (Å²) in [6, 6.07) is 10.6. The van der Waals surface area contributed by atoms with E-state index >= 15 is 0 Å². The van der Waals surface area contributed by atoms with Gasteiger partial charge in [0.15, 0.2) is 0 Å². The van der Waals surface area contributed by atoms with Crippen molar-refractivity contribution in [2.24, 2.45) is 0 Å². The van der Waals surface area contributed by atoms with Crippen molar-refractivity contribution in [1.29, 1.82) is 0 Å². The third kappa shape index (κ3) is 4.76. The normalized spacial score (nSPS) is 11.1. The minimum absolute atomic E-state index is 0.0327. The SMILES string of the molecule is O=C(Nc1ccccc1C(=O)O)SCc1cccc(C(F)(F)F)c1. The predicted octanol–water partition coefficient (Wildman–Crippen LogP) is 4.87. The molecule has 0 aliphatic carbocycles. The van der Waals surface area contributed by atoms with Crippen molar-refractivity contribution in [2.45, 2.75) is 11.9 Å². The third-order valence-electron chi connectivity index (χ3n) is 3.02. The number of anilines is 1. The second-order valence-electron chi connectivity index (χ2n) is 4.75. The van der Waals surface area contributed by atoms with E-state index in [4.69, 9.17) is 5.11 Å². The Kier molecular flexibility index (Phi) is 5.50. The average Bonchev–Trinajstić information content (AvgIpc) is 2.53. The molecule has 0 bridgehead atoms. The standard InChI is InChI=1S/C16H12F3NO3S/c17-16(18,19)11-5-3-4-10(8-11)9-24-15(23)20-13-7-2-1-6-12(13)14(21)22/h1-8H,9H2,(H,20,23)(H,21,22). The lowest BCUT2D eigenvalue weighted by molar-refractivity contribution is -0.137. The molecule has 0 atom stereocenters. The number of hydrogen-bond donors (Lipinski definition) is 2. The molecule has 8 heteroatoms. The van der Waals surface area contributed by atoms with Gasteiger partial charge in [-0.1, -0.05) is 42.1 Å². The quantitative estimate of drug-likeness (QED) is 0.821. The molecule has 2 N–H and O–H groups in total. The number of aromatic carboxylic acids is 1. The number of carbonyl (C=O) groups is 2. The van der Waals surface area contributed by atoms with E-state index in [0.29, 0.717) is 5.56 Å². The average molecular weight is 355 g/mol. The van der Waals surface area contributed by atoms with Crippen molar-refractivity contribution in [1.82, 2.24) is 0 Å². The predicted molar refractivity (Wildman–Crippen MR) is 85.2 cm³/mol. The number of amides is 1. The molecule has 2 aromatic carbocycles. The summed E-state index contributed by atoms with van der Waals surface area (Å²) in [5.74, 6) is -1.15. The minimum Gasteiger partial charge on any atom is -0.478 e. The number of rotatable bonds is 4. The molecule has 0 unspecified atom stereocenters. The molecular weight excluding hydrogens is 343 g/mol. The Bertz CT molecular complexity index is 762. The smallest absolute Gasteiger partial charge is 0.416 e. The van der Waals surface area contributed by atoms with E-state index < -0.39 is 22.9 Å². The third-order valence-corrected chi connectivity index (χ3v) is 3.86. The highest BCUT2D eigenvalue weighted by Gasteiger charge is 2.30. The van der Waals surface area contributed by atoms with Gasteiger partial charge in [0.25, 0.3) is 5.24 Å². The molecular formula is C16H12F3NO3S. The van der Waals surface area contributed by atoms with Crippen molar-refractivity contribution >= 4 is 28.7 Å². The Morgan fingerprint density at radius 2 is 1.79 bits per heavy atom. The molecule has 0 aliphatic rings. The van der Waals surface area contributed by atoms with E-state index in [-0.39, 0.29) is 17.0 Å². The van der Waals surface area contributed by atoms with Gasteiger partial charge in [-0.3, -0.25) is 4.79 Å². The van der Waals surface area contributed by atoms with Gasteiger partial charge in [0.05, 0.1) is 16.8 Å². The minimum atomic E-state index is -4.44. The van der Waals surface area contributed by atoms with Crippen LogP contribution in [0.5, 0.6) is 0 Å². The van der Waals surface area contributed by atoms with Crippen molar-refractivity contribution in [2.75, 3.05) is 5.32 Å². The molecule has 0 saturated carbocycles. The van der Waals surface area contributed by atoms with Crippen molar-refractivity contribution in [3.63, 3.8) is 0 Å². The molecule has 0 aliphatic heterocycles. The van der Waals surface area contributed by atoms with Crippen LogP contribution in [-0.4, -0.2) is 16.3 Å². The maximum absolute atomic E-state index is 12.6. The Morgan fingerprint density at radius 3 is 2.46 bits per heavy atom. The summed E-state index contributed by atoms with van der Waals surface area (Å²) >= 11 is 0.754. The highest BCUT2D eigenvalue weighted by atomic mass is 32.2. The van der Waals surface area contributed by atoms with E-state index in [1.54, 1.807) is 6.07 Å². The van der Waals surface area contributed by atoms with Crippen LogP contribution in [0.1, 0.15) is 21.5 Å². The molecule has 0 spiro atoms. The van der Waals surface area contributed by atoms with E-state index in [1.165, 1.54) is 30.3 Å². The molecule has 0 radical (unpaired) electrons. The molecule has 0 aromatic heterocycles. The lowest BCUT2D eigenvalue weighted by Gasteiger charge is -2.09. The zero-order valence-corrected chi connectivity index (χ0v) is 12.9. The van der Waals surface area contributed by atoms with Gasteiger partial charge in [-0.25, -0.2) is 4.79 Å². The Hall–Kier alpha value is -2.48. The number of alkyl halides is 3. The van der Waals surface area contributed by atoms with Crippen LogP contribution in [0.15, 0.2) is 48.5 Å².